The molecular weight excluding hydrogens is 260 g/mol. The van der Waals surface area contributed by atoms with Crippen LogP contribution in [-0.4, -0.2) is 71.2 Å². The Balaban J connectivity index is 2.01. The van der Waals surface area contributed by atoms with E-state index < -0.39 is 0 Å². The molecule has 0 saturated heterocycles. The first-order valence-electron chi connectivity index (χ1n) is 6.58. The summed E-state index contributed by atoms with van der Waals surface area (Å²) in [5.74, 6) is -0.558. The van der Waals surface area contributed by atoms with Gasteiger partial charge in [-0.2, -0.15) is 0 Å². The van der Waals surface area contributed by atoms with E-state index in [2.05, 4.69) is 0 Å². The van der Waals surface area contributed by atoms with E-state index in [0.717, 1.165) is 0 Å². The number of aliphatic hydroxyl groups is 2. The van der Waals surface area contributed by atoms with Gasteiger partial charge in [-0.15, -0.1) is 0 Å². The number of amides is 2. The molecule has 0 unspecified atom stereocenters. The van der Waals surface area contributed by atoms with Gasteiger partial charge < -0.3 is 10.2 Å². The second kappa shape index (κ2) is 6.60. The second-order valence-corrected chi connectivity index (χ2v) is 4.60. The summed E-state index contributed by atoms with van der Waals surface area (Å²) in [5.41, 5.74) is 0.877. The summed E-state index contributed by atoms with van der Waals surface area (Å²) in [6, 6.07) is 6.76. The number of imide groups is 1. The number of nitrogens with zero attached hydrogens (tertiary/aromatic N) is 2. The highest BCUT2D eigenvalue weighted by atomic mass is 16.3. The number of carbonyl (C=O) groups is 2. The fourth-order valence-corrected chi connectivity index (χ4v) is 2.30. The van der Waals surface area contributed by atoms with Gasteiger partial charge in [-0.3, -0.25) is 19.4 Å². The molecule has 1 heterocycles. The standard InChI is InChI=1S/C14H18N2O4/c17-9-7-15(8-10-18)5-6-16-13(19)11-3-1-2-4-12(11)14(16)20/h1-4,17-18H,5-10H2. The fourth-order valence-electron chi connectivity index (χ4n) is 2.30. The molecule has 1 aromatic rings. The number of carbonyl (C=O) groups excluding carboxylic acids is 2. The van der Waals surface area contributed by atoms with Crippen LogP contribution in [0.2, 0.25) is 0 Å². The van der Waals surface area contributed by atoms with E-state index in [1.807, 2.05) is 4.90 Å². The fraction of sp³-hybridized carbons (Fsp3) is 0.429. The van der Waals surface area contributed by atoms with Crippen LogP contribution in [-0.2, 0) is 0 Å². The third kappa shape index (κ3) is 2.87. The molecule has 1 aromatic carbocycles. The number of benzene rings is 1. The molecule has 0 aliphatic carbocycles. The maximum atomic E-state index is 12.1. The SMILES string of the molecule is O=C1c2ccccc2C(=O)N1CCN(CCO)CCO. The van der Waals surface area contributed by atoms with Crippen molar-refractivity contribution in [2.24, 2.45) is 0 Å². The highest BCUT2D eigenvalue weighted by Crippen LogP contribution is 2.21. The van der Waals surface area contributed by atoms with E-state index in [-0.39, 0.29) is 31.6 Å². The Morgan fingerprint density at radius 1 is 0.900 bits per heavy atom. The van der Waals surface area contributed by atoms with Crippen molar-refractivity contribution >= 4 is 11.8 Å². The van der Waals surface area contributed by atoms with Crippen molar-refractivity contribution in [1.29, 1.82) is 0 Å². The zero-order chi connectivity index (χ0) is 14.5. The Morgan fingerprint density at radius 2 is 1.40 bits per heavy atom. The molecule has 0 radical (unpaired) electrons. The van der Waals surface area contributed by atoms with Crippen molar-refractivity contribution in [2.45, 2.75) is 0 Å². The topological polar surface area (TPSA) is 81.1 Å². The monoisotopic (exact) mass is 278 g/mol. The first-order valence-corrected chi connectivity index (χ1v) is 6.58. The molecule has 2 rings (SSSR count). The van der Waals surface area contributed by atoms with Crippen LogP contribution in [0.3, 0.4) is 0 Å². The molecule has 2 N–H and O–H groups in total. The molecule has 0 spiro atoms. The van der Waals surface area contributed by atoms with Crippen molar-refractivity contribution < 1.29 is 19.8 Å². The van der Waals surface area contributed by atoms with E-state index in [4.69, 9.17) is 10.2 Å². The van der Waals surface area contributed by atoms with E-state index >= 15 is 0 Å². The predicted molar refractivity (Wildman–Crippen MR) is 72.4 cm³/mol. The lowest BCUT2D eigenvalue weighted by Crippen LogP contribution is -2.40. The zero-order valence-corrected chi connectivity index (χ0v) is 11.2. The van der Waals surface area contributed by atoms with E-state index in [9.17, 15) is 9.59 Å². The quantitative estimate of drug-likeness (QED) is 0.661. The van der Waals surface area contributed by atoms with Gasteiger partial charge in [0.05, 0.1) is 24.3 Å². The van der Waals surface area contributed by atoms with Crippen LogP contribution >= 0.6 is 0 Å². The maximum Gasteiger partial charge on any atom is 0.261 e. The summed E-state index contributed by atoms with van der Waals surface area (Å²) in [4.78, 5) is 27.3. The van der Waals surface area contributed by atoms with Crippen molar-refractivity contribution in [3.05, 3.63) is 35.4 Å². The molecule has 0 atom stereocenters. The normalized spacial score (nSPS) is 14.2. The maximum absolute atomic E-state index is 12.1. The molecule has 108 valence electrons. The van der Waals surface area contributed by atoms with Crippen LogP contribution in [0.25, 0.3) is 0 Å². The van der Waals surface area contributed by atoms with Crippen LogP contribution in [0.1, 0.15) is 20.7 Å². The molecule has 0 fully saturated rings. The number of hydrogen-bond donors (Lipinski definition) is 2. The van der Waals surface area contributed by atoms with E-state index in [1.165, 1.54) is 4.90 Å². The van der Waals surface area contributed by atoms with Crippen molar-refractivity contribution in [3.63, 3.8) is 0 Å². The summed E-state index contributed by atoms with van der Waals surface area (Å²) in [6.07, 6.45) is 0. The molecule has 6 heteroatoms. The summed E-state index contributed by atoms with van der Waals surface area (Å²) < 4.78 is 0. The van der Waals surface area contributed by atoms with E-state index in [0.29, 0.717) is 30.8 Å². The largest absolute Gasteiger partial charge is 0.395 e. The van der Waals surface area contributed by atoms with E-state index in [1.54, 1.807) is 24.3 Å². The van der Waals surface area contributed by atoms with Gasteiger partial charge in [-0.05, 0) is 12.1 Å². The third-order valence-electron chi connectivity index (χ3n) is 3.35. The molecule has 20 heavy (non-hydrogen) atoms. The first kappa shape index (κ1) is 14.6. The van der Waals surface area contributed by atoms with Crippen LogP contribution in [0.4, 0.5) is 0 Å². The minimum absolute atomic E-state index is 0.0257. The van der Waals surface area contributed by atoms with Crippen molar-refractivity contribution in [2.75, 3.05) is 39.4 Å². The minimum Gasteiger partial charge on any atom is -0.395 e. The summed E-state index contributed by atoms with van der Waals surface area (Å²) in [5, 5.41) is 17.9. The summed E-state index contributed by atoms with van der Waals surface area (Å²) in [6.45, 7) is 1.45. The molecule has 6 nitrogen and oxygen atoms in total. The lowest BCUT2D eigenvalue weighted by atomic mass is 10.1. The summed E-state index contributed by atoms with van der Waals surface area (Å²) in [7, 11) is 0. The lowest BCUT2D eigenvalue weighted by Gasteiger charge is -2.23. The van der Waals surface area contributed by atoms with Crippen molar-refractivity contribution in [3.8, 4) is 0 Å². The van der Waals surface area contributed by atoms with Crippen LogP contribution in [0.15, 0.2) is 24.3 Å². The van der Waals surface area contributed by atoms with Gasteiger partial charge in [0.1, 0.15) is 0 Å². The highest BCUT2D eigenvalue weighted by Gasteiger charge is 2.34. The van der Waals surface area contributed by atoms with Crippen molar-refractivity contribution in [1.82, 2.24) is 9.80 Å². The average Bonchev–Trinajstić information content (AvgIpc) is 2.70. The third-order valence-corrected chi connectivity index (χ3v) is 3.35. The minimum atomic E-state index is -0.279. The highest BCUT2D eigenvalue weighted by molar-refractivity contribution is 6.21. The molecule has 1 aliphatic heterocycles. The Labute approximate surface area is 117 Å². The van der Waals surface area contributed by atoms with Crippen LogP contribution < -0.4 is 0 Å². The van der Waals surface area contributed by atoms with Gasteiger partial charge in [0.15, 0.2) is 0 Å². The Hall–Kier alpha value is -1.76. The number of fused-ring (bicyclic) bond motifs is 1. The van der Waals surface area contributed by atoms with Gasteiger partial charge in [0, 0.05) is 26.2 Å². The van der Waals surface area contributed by atoms with Gasteiger partial charge in [0.25, 0.3) is 11.8 Å². The summed E-state index contributed by atoms with van der Waals surface area (Å²) >= 11 is 0. The zero-order valence-electron chi connectivity index (χ0n) is 11.2. The second-order valence-electron chi connectivity index (χ2n) is 4.60. The number of hydrogen-bond acceptors (Lipinski definition) is 5. The molecule has 0 aromatic heterocycles. The smallest absolute Gasteiger partial charge is 0.261 e. The number of aliphatic hydroxyl groups excluding tert-OH is 2. The molecular formula is C14H18N2O4. The first-order chi connectivity index (χ1) is 9.69. The Bertz CT molecular complexity index is 463. The van der Waals surface area contributed by atoms with Crippen LogP contribution in [0.5, 0.6) is 0 Å². The Kier molecular flexibility index (Phi) is 4.84. The molecule has 1 aliphatic rings. The Morgan fingerprint density at radius 3 is 1.85 bits per heavy atom. The average molecular weight is 278 g/mol. The molecule has 0 saturated carbocycles. The van der Waals surface area contributed by atoms with Gasteiger partial charge in [-0.1, -0.05) is 12.1 Å². The van der Waals surface area contributed by atoms with Gasteiger partial charge in [0.2, 0.25) is 0 Å². The van der Waals surface area contributed by atoms with Gasteiger partial charge in [-0.25, -0.2) is 0 Å². The predicted octanol–water partition coefficient (Wildman–Crippen LogP) is -0.431. The number of rotatable bonds is 7. The molecule has 0 bridgehead atoms. The van der Waals surface area contributed by atoms with Gasteiger partial charge >= 0.3 is 0 Å². The molecule has 2 amide bonds. The lowest BCUT2D eigenvalue weighted by molar-refractivity contribution is 0.0627. The van der Waals surface area contributed by atoms with Crippen LogP contribution in [0, 0.1) is 0 Å².